The zero-order chi connectivity index (χ0) is 18.7. The van der Waals surface area contributed by atoms with E-state index in [0.29, 0.717) is 11.5 Å². The number of non-ortho nitro benzene ring substituents is 1. The van der Waals surface area contributed by atoms with Crippen LogP contribution in [0, 0.1) is 24.0 Å². The summed E-state index contributed by atoms with van der Waals surface area (Å²) in [5, 5.41) is 13.1. The number of aryl methyl sites for hydroxylation is 2. The van der Waals surface area contributed by atoms with Crippen molar-refractivity contribution in [2.24, 2.45) is 0 Å². The quantitative estimate of drug-likeness (QED) is 0.491. The highest BCUT2D eigenvalue weighted by Crippen LogP contribution is 2.27. The fourth-order valence-electron chi connectivity index (χ4n) is 2.06. The molecule has 2 aromatic rings. The Kier molecular flexibility index (Phi) is 5.43. The van der Waals surface area contributed by atoms with Gasteiger partial charge in [-0.05, 0) is 32.9 Å². The largest absolute Gasteiger partial charge is 0.466 e. The third-order valence-corrected chi connectivity index (χ3v) is 3.65. The predicted molar refractivity (Wildman–Crippen MR) is 89.8 cm³/mol. The van der Waals surface area contributed by atoms with Gasteiger partial charge in [0.15, 0.2) is 6.10 Å². The molecule has 1 N–H and O–H groups in total. The zero-order valence-electron chi connectivity index (χ0n) is 13.7. The van der Waals surface area contributed by atoms with Crippen LogP contribution in [0.2, 0.25) is 5.02 Å². The second-order valence-electron chi connectivity index (χ2n) is 5.28. The van der Waals surface area contributed by atoms with Gasteiger partial charge in [0.05, 0.1) is 15.6 Å². The third-order valence-electron chi connectivity index (χ3n) is 3.34. The first-order valence-electron chi connectivity index (χ1n) is 7.22. The van der Waals surface area contributed by atoms with Gasteiger partial charge in [0.25, 0.3) is 11.6 Å². The molecule has 2 rings (SSSR count). The van der Waals surface area contributed by atoms with Gasteiger partial charge in [0.2, 0.25) is 0 Å². The van der Waals surface area contributed by atoms with Crippen LogP contribution in [0.5, 0.6) is 0 Å². The molecule has 0 spiro atoms. The lowest BCUT2D eigenvalue weighted by molar-refractivity contribution is -0.384. The van der Waals surface area contributed by atoms with E-state index < -0.39 is 22.9 Å². The van der Waals surface area contributed by atoms with E-state index in [9.17, 15) is 19.7 Å². The predicted octanol–water partition coefficient (Wildman–Crippen LogP) is 3.64. The van der Waals surface area contributed by atoms with Crippen LogP contribution in [0.1, 0.15) is 28.8 Å². The number of hydrogen-bond donors (Lipinski definition) is 1. The average molecular weight is 367 g/mol. The summed E-state index contributed by atoms with van der Waals surface area (Å²) in [7, 11) is 0. The lowest BCUT2D eigenvalue weighted by atomic mass is 10.2. The number of nitro groups is 1. The lowest BCUT2D eigenvalue weighted by Crippen LogP contribution is -2.30. The number of hydrogen-bond acceptors (Lipinski definition) is 6. The first-order valence-corrected chi connectivity index (χ1v) is 7.59. The Bertz CT molecular complexity index is 845. The Labute approximate surface area is 147 Å². The second kappa shape index (κ2) is 7.35. The number of nitrogens with one attached hydrogen (secondary N) is 1. The molecule has 1 aromatic heterocycles. The van der Waals surface area contributed by atoms with Gasteiger partial charge >= 0.3 is 5.97 Å². The van der Waals surface area contributed by atoms with Crippen LogP contribution in [0.3, 0.4) is 0 Å². The van der Waals surface area contributed by atoms with Gasteiger partial charge in [-0.2, -0.15) is 0 Å². The number of rotatable bonds is 5. The monoisotopic (exact) mass is 366 g/mol. The molecule has 1 aromatic carbocycles. The van der Waals surface area contributed by atoms with Crippen molar-refractivity contribution in [2.45, 2.75) is 26.9 Å². The number of furan rings is 1. The molecule has 1 heterocycles. The van der Waals surface area contributed by atoms with Gasteiger partial charge in [-0.1, -0.05) is 11.6 Å². The highest BCUT2D eigenvalue weighted by Gasteiger charge is 2.23. The Balaban J connectivity index is 2.04. The summed E-state index contributed by atoms with van der Waals surface area (Å²) in [6.45, 7) is 4.70. The summed E-state index contributed by atoms with van der Waals surface area (Å²) in [5.41, 5.74) is 0.217. The SMILES string of the molecule is Cc1cc(C(=O)OC(C)C(=O)Nc2ccc([N+](=O)[O-])cc2Cl)c(C)o1. The van der Waals surface area contributed by atoms with Gasteiger partial charge in [-0.15, -0.1) is 0 Å². The molecule has 9 heteroatoms. The van der Waals surface area contributed by atoms with Crippen molar-refractivity contribution >= 4 is 34.9 Å². The molecule has 0 saturated heterocycles. The number of carbonyl (C=O) groups excluding carboxylic acids is 2. The first kappa shape index (κ1) is 18.5. The second-order valence-corrected chi connectivity index (χ2v) is 5.69. The van der Waals surface area contributed by atoms with Crippen molar-refractivity contribution in [3.63, 3.8) is 0 Å². The minimum absolute atomic E-state index is 0.00220. The van der Waals surface area contributed by atoms with Crippen molar-refractivity contribution < 1.29 is 23.7 Å². The summed E-state index contributed by atoms with van der Waals surface area (Å²) in [4.78, 5) is 34.3. The van der Waals surface area contributed by atoms with Crippen molar-refractivity contribution in [1.29, 1.82) is 0 Å². The number of carbonyl (C=O) groups is 2. The van der Waals surface area contributed by atoms with E-state index in [2.05, 4.69) is 5.32 Å². The summed E-state index contributed by atoms with van der Waals surface area (Å²) >= 11 is 5.91. The van der Waals surface area contributed by atoms with Crippen LogP contribution in [0.4, 0.5) is 11.4 Å². The van der Waals surface area contributed by atoms with Gasteiger partial charge in [-0.3, -0.25) is 14.9 Å². The minimum atomic E-state index is -1.10. The third kappa shape index (κ3) is 4.36. The van der Waals surface area contributed by atoms with E-state index in [4.69, 9.17) is 20.8 Å². The number of nitro benzene ring substituents is 1. The summed E-state index contributed by atoms with van der Waals surface area (Å²) in [6.07, 6.45) is -1.10. The van der Waals surface area contributed by atoms with Crippen molar-refractivity contribution in [1.82, 2.24) is 0 Å². The van der Waals surface area contributed by atoms with Crippen molar-refractivity contribution in [3.05, 3.63) is 56.5 Å². The zero-order valence-corrected chi connectivity index (χ0v) is 14.4. The summed E-state index contributed by atoms with van der Waals surface area (Å²) < 4.78 is 10.3. The maximum Gasteiger partial charge on any atom is 0.342 e. The number of benzene rings is 1. The topological polar surface area (TPSA) is 112 Å². The maximum atomic E-state index is 12.1. The Morgan fingerprint density at radius 2 is 2.00 bits per heavy atom. The lowest BCUT2D eigenvalue weighted by Gasteiger charge is -2.14. The normalized spacial score (nSPS) is 11.7. The van der Waals surface area contributed by atoms with Gasteiger partial charge < -0.3 is 14.5 Å². The van der Waals surface area contributed by atoms with E-state index in [1.165, 1.54) is 25.1 Å². The van der Waals surface area contributed by atoms with E-state index in [-0.39, 0.29) is 22.0 Å². The fourth-order valence-corrected chi connectivity index (χ4v) is 2.29. The number of nitrogens with zero attached hydrogens (tertiary/aromatic N) is 1. The smallest absolute Gasteiger partial charge is 0.342 e. The van der Waals surface area contributed by atoms with Crippen LogP contribution >= 0.6 is 11.6 Å². The molecule has 132 valence electrons. The fraction of sp³-hybridized carbons (Fsp3) is 0.250. The van der Waals surface area contributed by atoms with E-state index in [0.717, 1.165) is 6.07 Å². The van der Waals surface area contributed by atoms with Crippen molar-refractivity contribution in [2.75, 3.05) is 5.32 Å². The van der Waals surface area contributed by atoms with E-state index in [1.54, 1.807) is 13.8 Å². The molecule has 0 radical (unpaired) electrons. The number of amides is 1. The molecule has 1 unspecified atom stereocenters. The highest BCUT2D eigenvalue weighted by molar-refractivity contribution is 6.34. The minimum Gasteiger partial charge on any atom is -0.466 e. The number of halogens is 1. The molecule has 0 aliphatic heterocycles. The van der Waals surface area contributed by atoms with Crippen LogP contribution < -0.4 is 5.32 Å². The molecular formula is C16H15ClN2O6. The summed E-state index contributed by atoms with van der Waals surface area (Å²) in [5.74, 6) is -0.360. The maximum absolute atomic E-state index is 12.1. The average Bonchev–Trinajstić information content (AvgIpc) is 2.87. The Hall–Kier alpha value is -2.87. The van der Waals surface area contributed by atoms with Crippen molar-refractivity contribution in [3.8, 4) is 0 Å². The Morgan fingerprint density at radius 3 is 2.52 bits per heavy atom. The molecule has 0 saturated carbocycles. The molecule has 8 nitrogen and oxygen atoms in total. The molecule has 1 atom stereocenters. The standard InChI is InChI=1S/C16H15ClN2O6/c1-8-6-12(9(2)24-8)16(21)25-10(3)15(20)18-14-5-4-11(19(22)23)7-13(14)17/h4-7,10H,1-3H3,(H,18,20). The number of esters is 1. The first-order chi connectivity index (χ1) is 11.7. The molecule has 0 aliphatic rings. The molecular weight excluding hydrogens is 352 g/mol. The highest BCUT2D eigenvalue weighted by atomic mass is 35.5. The molecule has 0 fully saturated rings. The molecule has 1 amide bonds. The van der Waals surface area contributed by atoms with Crippen LogP contribution in [0.25, 0.3) is 0 Å². The Morgan fingerprint density at radius 1 is 1.32 bits per heavy atom. The van der Waals surface area contributed by atoms with Crippen LogP contribution in [0.15, 0.2) is 28.7 Å². The van der Waals surface area contributed by atoms with E-state index >= 15 is 0 Å². The van der Waals surface area contributed by atoms with Gasteiger partial charge in [0, 0.05) is 12.1 Å². The van der Waals surface area contributed by atoms with Crippen LogP contribution in [-0.2, 0) is 9.53 Å². The molecule has 0 bridgehead atoms. The van der Waals surface area contributed by atoms with E-state index in [1.807, 2.05) is 0 Å². The number of ether oxygens (including phenoxy) is 1. The summed E-state index contributed by atoms with van der Waals surface area (Å²) in [6, 6.07) is 5.15. The number of anilines is 1. The molecule has 25 heavy (non-hydrogen) atoms. The molecule has 0 aliphatic carbocycles. The van der Waals surface area contributed by atoms with Gasteiger partial charge in [0.1, 0.15) is 17.1 Å². The van der Waals surface area contributed by atoms with Crippen LogP contribution in [-0.4, -0.2) is 22.9 Å². The van der Waals surface area contributed by atoms with Gasteiger partial charge in [-0.25, -0.2) is 4.79 Å².